The molecule has 3 heteroatoms. The number of carbonyl (C=O) groups is 1. The smallest absolute Gasteiger partial charge is 0.303 e. The van der Waals surface area contributed by atoms with Crippen LogP contribution in [-0.4, -0.2) is 5.97 Å². The second-order valence-corrected chi connectivity index (χ2v) is 3.96. The summed E-state index contributed by atoms with van der Waals surface area (Å²) in [6.45, 7) is 3.61. The Morgan fingerprint density at radius 3 is 2.81 bits per heavy atom. The molecule has 90 valence electrons. The van der Waals surface area contributed by atoms with E-state index in [9.17, 15) is 4.79 Å². The molecule has 0 bridgehead atoms. The Hall–Kier alpha value is -1.25. The summed E-state index contributed by atoms with van der Waals surface area (Å²) in [5.41, 5.74) is 0. The summed E-state index contributed by atoms with van der Waals surface area (Å²) in [4.78, 5) is 11.0. The molecule has 0 N–H and O–H groups in total. The van der Waals surface area contributed by atoms with Crippen LogP contribution in [0.2, 0.25) is 0 Å². The van der Waals surface area contributed by atoms with Gasteiger partial charge >= 0.3 is 5.97 Å². The second kappa shape index (κ2) is 7.09. The van der Waals surface area contributed by atoms with E-state index in [1.165, 1.54) is 26.2 Å². The minimum atomic E-state index is -0.253. The molecule has 0 spiro atoms. The molecule has 1 aromatic heterocycles. The number of esters is 1. The van der Waals surface area contributed by atoms with Gasteiger partial charge in [0, 0.05) is 6.92 Å². The van der Waals surface area contributed by atoms with E-state index in [-0.39, 0.29) is 12.1 Å². The van der Waals surface area contributed by atoms with Crippen LogP contribution in [0.1, 0.15) is 57.8 Å². The van der Waals surface area contributed by atoms with Crippen molar-refractivity contribution in [3.8, 4) is 0 Å². The zero-order valence-electron chi connectivity index (χ0n) is 10.1. The van der Waals surface area contributed by atoms with Crippen molar-refractivity contribution < 1.29 is 13.9 Å². The average molecular weight is 224 g/mol. The average Bonchev–Trinajstić information content (AvgIpc) is 2.75. The predicted octanol–water partition coefficient (Wildman–Crippen LogP) is 3.85. The van der Waals surface area contributed by atoms with Gasteiger partial charge in [0.1, 0.15) is 5.76 Å². The first-order valence-corrected chi connectivity index (χ1v) is 5.94. The lowest BCUT2D eigenvalue weighted by molar-refractivity contribution is -0.148. The lowest BCUT2D eigenvalue weighted by Crippen LogP contribution is -2.07. The van der Waals surface area contributed by atoms with Crippen molar-refractivity contribution in [1.82, 2.24) is 0 Å². The first kappa shape index (κ1) is 12.8. The van der Waals surface area contributed by atoms with E-state index in [1.807, 2.05) is 12.1 Å². The molecule has 1 heterocycles. The molecule has 0 aliphatic rings. The Bertz CT molecular complexity index is 290. The van der Waals surface area contributed by atoms with Crippen molar-refractivity contribution in [3.63, 3.8) is 0 Å². The lowest BCUT2D eigenvalue weighted by Gasteiger charge is -2.14. The zero-order chi connectivity index (χ0) is 11.8. The molecular formula is C13H20O3. The van der Waals surface area contributed by atoms with Crippen molar-refractivity contribution >= 4 is 5.97 Å². The van der Waals surface area contributed by atoms with Crippen molar-refractivity contribution in [3.05, 3.63) is 24.2 Å². The molecule has 0 aliphatic carbocycles. The normalized spacial score (nSPS) is 12.4. The number of rotatable bonds is 7. The molecule has 1 rings (SSSR count). The molecule has 0 aromatic carbocycles. The fourth-order valence-electron chi connectivity index (χ4n) is 1.69. The monoisotopic (exact) mass is 224 g/mol. The van der Waals surface area contributed by atoms with Crippen molar-refractivity contribution in [2.75, 3.05) is 0 Å². The number of carbonyl (C=O) groups excluding carboxylic acids is 1. The molecule has 3 nitrogen and oxygen atoms in total. The molecular weight excluding hydrogens is 204 g/mol. The highest BCUT2D eigenvalue weighted by Crippen LogP contribution is 2.24. The topological polar surface area (TPSA) is 39.4 Å². The Balaban J connectivity index is 2.42. The van der Waals surface area contributed by atoms with E-state index in [0.717, 1.165) is 18.6 Å². The molecule has 16 heavy (non-hydrogen) atoms. The zero-order valence-corrected chi connectivity index (χ0v) is 10.1. The van der Waals surface area contributed by atoms with Gasteiger partial charge in [-0.1, -0.05) is 26.2 Å². The Kier molecular flexibility index (Phi) is 5.68. The molecule has 1 aromatic rings. The molecule has 0 saturated heterocycles. The van der Waals surface area contributed by atoms with Gasteiger partial charge in [-0.25, -0.2) is 0 Å². The van der Waals surface area contributed by atoms with E-state index in [4.69, 9.17) is 9.15 Å². The minimum absolute atomic E-state index is 0.218. The highest BCUT2D eigenvalue weighted by Gasteiger charge is 2.16. The van der Waals surface area contributed by atoms with Gasteiger partial charge in [-0.15, -0.1) is 0 Å². The van der Waals surface area contributed by atoms with Gasteiger partial charge in [0.05, 0.1) is 6.26 Å². The third-order valence-electron chi connectivity index (χ3n) is 2.49. The highest BCUT2D eigenvalue weighted by atomic mass is 16.5. The quantitative estimate of drug-likeness (QED) is 0.521. The van der Waals surface area contributed by atoms with Crippen LogP contribution in [0.3, 0.4) is 0 Å². The van der Waals surface area contributed by atoms with Crippen LogP contribution >= 0.6 is 0 Å². The van der Waals surface area contributed by atoms with E-state index in [2.05, 4.69) is 6.92 Å². The number of hydrogen-bond acceptors (Lipinski definition) is 3. The number of ether oxygens (including phenoxy) is 1. The van der Waals surface area contributed by atoms with E-state index in [0.29, 0.717) is 0 Å². The lowest BCUT2D eigenvalue weighted by atomic mass is 10.1. The van der Waals surface area contributed by atoms with Crippen LogP contribution in [0.5, 0.6) is 0 Å². The molecule has 0 amide bonds. The van der Waals surface area contributed by atoms with E-state index in [1.54, 1.807) is 6.26 Å². The summed E-state index contributed by atoms with van der Waals surface area (Å²) < 4.78 is 10.5. The third kappa shape index (κ3) is 4.51. The number of hydrogen-bond donors (Lipinski definition) is 0. The molecule has 1 unspecified atom stereocenters. The van der Waals surface area contributed by atoms with Gasteiger partial charge in [0.2, 0.25) is 0 Å². The Labute approximate surface area is 96.8 Å². The summed E-state index contributed by atoms with van der Waals surface area (Å²) in [5.74, 6) is 0.489. The fourth-order valence-corrected chi connectivity index (χ4v) is 1.69. The van der Waals surface area contributed by atoms with Crippen LogP contribution in [0.25, 0.3) is 0 Å². The van der Waals surface area contributed by atoms with Crippen molar-refractivity contribution in [2.24, 2.45) is 0 Å². The van der Waals surface area contributed by atoms with Crippen LogP contribution in [-0.2, 0) is 9.53 Å². The van der Waals surface area contributed by atoms with Gasteiger partial charge in [0.15, 0.2) is 6.10 Å². The summed E-state index contributed by atoms with van der Waals surface area (Å²) in [6.07, 6.45) is 6.90. The highest BCUT2D eigenvalue weighted by molar-refractivity contribution is 5.66. The van der Waals surface area contributed by atoms with Gasteiger partial charge in [0.25, 0.3) is 0 Å². The Morgan fingerprint density at radius 2 is 2.25 bits per heavy atom. The first-order valence-electron chi connectivity index (χ1n) is 5.94. The van der Waals surface area contributed by atoms with Gasteiger partial charge in [-0.2, -0.15) is 0 Å². The van der Waals surface area contributed by atoms with Crippen LogP contribution < -0.4 is 0 Å². The molecule has 0 saturated carbocycles. The standard InChI is InChI=1S/C13H20O3/c1-3-4-5-6-8-13(16-11(2)14)12-9-7-10-15-12/h7,9-10,13H,3-6,8H2,1-2H3. The number of unbranched alkanes of at least 4 members (excludes halogenated alkanes) is 3. The number of furan rings is 1. The van der Waals surface area contributed by atoms with Gasteiger partial charge in [-0.3, -0.25) is 4.79 Å². The maximum absolute atomic E-state index is 11.0. The predicted molar refractivity (Wildman–Crippen MR) is 62.0 cm³/mol. The Morgan fingerprint density at radius 1 is 1.44 bits per heavy atom. The summed E-state index contributed by atoms with van der Waals surface area (Å²) in [5, 5.41) is 0. The molecule has 0 fully saturated rings. The summed E-state index contributed by atoms with van der Waals surface area (Å²) in [6, 6.07) is 3.67. The maximum atomic E-state index is 11.0. The SMILES string of the molecule is CCCCCCC(OC(C)=O)c1ccco1. The largest absolute Gasteiger partial charge is 0.465 e. The molecule has 0 aliphatic heterocycles. The second-order valence-electron chi connectivity index (χ2n) is 3.96. The van der Waals surface area contributed by atoms with Crippen LogP contribution in [0.4, 0.5) is 0 Å². The first-order chi connectivity index (χ1) is 7.74. The van der Waals surface area contributed by atoms with Gasteiger partial charge < -0.3 is 9.15 Å². The van der Waals surface area contributed by atoms with Crippen LogP contribution in [0, 0.1) is 0 Å². The third-order valence-corrected chi connectivity index (χ3v) is 2.49. The maximum Gasteiger partial charge on any atom is 0.303 e. The van der Waals surface area contributed by atoms with Crippen LogP contribution in [0.15, 0.2) is 22.8 Å². The van der Waals surface area contributed by atoms with E-state index >= 15 is 0 Å². The molecule has 0 radical (unpaired) electrons. The minimum Gasteiger partial charge on any atom is -0.465 e. The van der Waals surface area contributed by atoms with Gasteiger partial charge in [-0.05, 0) is 25.0 Å². The summed E-state index contributed by atoms with van der Waals surface area (Å²) in [7, 11) is 0. The van der Waals surface area contributed by atoms with Crippen molar-refractivity contribution in [1.29, 1.82) is 0 Å². The fraction of sp³-hybridized carbons (Fsp3) is 0.615. The summed E-state index contributed by atoms with van der Waals surface area (Å²) >= 11 is 0. The molecule has 1 atom stereocenters. The van der Waals surface area contributed by atoms with Crippen molar-refractivity contribution in [2.45, 2.75) is 52.1 Å². The van der Waals surface area contributed by atoms with E-state index < -0.39 is 0 Å².